The zero-order valence-corrected chi connectivity index (χ0v) is 10.1. The molecule has 4 heteroatoms. The van der Waals surface area contributed by atoms with Crippen molar-refractivity contribution in [2.75, 3.05) is 6.54 Å². The summed E-state index contributed by atoms with van der Waals surface area (Å²) in [6.45, 7) is 6.86. The third kappa shape index (κ3) is 6.47. The Morgan fingerprint density at radius 3 is 2.20 bits per heavy atom. The molecule has 0 saturated carbocycles. The lowest BCUT2D eigenvalue weighted by molar-refractivity contribution is -0.139. The van der Waals surface area contributed by atoms with Gasteiger partial charge in [0.05, 0.1) is 5.60 Å². The first-order valence-electron chi connectivity index (χ1n) is 5.42. The van der Waals surface area contributed by atoms with Gasteiger partial charge in [-0.2, -0.15) is 0 Å². The molecule has 0 aromatic rings. The van der Waals surface area contributed by atoms with Gasteiger partial charge < -0.3 is 15.5 Å². The summed E-state index contributed by atoms with van der Waals surface area (Å²) >= 11 is 0. The van der Waals surface area contributed by atoms with E-state index in [1.807, 2.05) is 6.92 Å². The summed E-state index contributed by atoms with van der Waals surface area (Å²) in [5, 5.41) is 21.8. The van der Waals surface area contributed by atoms with Crippen LogP contribution < -0.4 is 5.32 Å². The van der Waals surface area contributed by atoms with Gasteiger partial charge in [-0.05, 0) is 27.2 Å². The Morgan fingerprint density at radius 1 is 1.27 bits per heavy atom. The second kappa shape index (κ2) is 5.47. The number of carbonyl (C=O) groups is 1. The van der Waals surface area contributed by atoms with E-state index in [9.17, 15) is 15.0 Å². The molecular formula is C11H23NO3. The molecule has 0 aromatic heterocycles. The highest BCUT2D eigenvalue weighted by Gasteiger charge is 2.30. The van der Waals surface area contributed by atoms with E-state index in [0.29, 0.717) is 6.42 Å². The highest BCUT2D eigenvalue weighted by atomic mass is 16.3. The largest absolute Gasteiger partial charge is 0.389 e. The molecule has 0 fully saturated rings. The molecule has 0 saturated heterocycles. The molecule has 0 heterocycles. The first-order chi connectivity index (χ1) is 6.69. The zero-order valence-electron chi connectivity index (χ0n) is 10.1. The maximum atomic E-state index is 11.5. The summed E-state index contributed by atoms with van der Waals surface area (Å²) in [5.41, 5.74) is -2.28. The number of carbonyl (C=O) groups excluding carboxylic acids is 1. The maximum Gasteiger partial charge on any atom is 0.251 e. The number of rotatable bonds is 6. The first-order valence-corrected chi connectivity index (χ1v) is 5.42. The van der Waals surface area contributed by atoms with Crippen LogP contribution in [0.2, 0.25) is 0 Å². The Hall–Kier alpha value is -0.610. The summed E-state index contributed by atoms with van der Waals surface area (Å²) in [6, 6.07) is 0. The van der Waals surface area contributed by atoms with Gasteiger partial charge in [0.25, 0.3) is 5.91 Å². The molecule has 90 valence electrons. The Kier molecular flexibility index (Phi) is 5.24. The van der Waals surface area contributed by atoms with Crippen LogP contribution >= 0.6 is 0 Å². The van der Waals surface area contributed by atoms with Crippen LogP contribution in [-0.4, -0.2) is 33.9 Å². The molecule has 1 atom stereocenters. The van der Waals surface area contributed by atoms with Crippen molar-refractivity contribution >= 4 is 5.91 Å². The van der Waals surface area contributed by atoms with Gasteiger partial charge in [0.2, 0.25) is 0 Å². The lowest BCUT2D eigenvalue weighted by Crippen LogP contribution is -2.48. The average molecular weight is 217 g/mol. The molecule has 0 rings (SSSR count). The predicted molar refractivity (Wildman–Crippen MR) is 59.5 cm³/mol. The van der Waals surface area contributed by atoms with Crippen LogP contribution in [0.4, 0.5) is 0 Å². The van der Waals surface area contributed by atoms with Gasteiger partial charge >= 0.3 is 0 Å². The monoisotopic (exact) mass is 217 g/mol. The molecule has 4 nitrogen and oxygen atoms in total. The van der Waals surface area contributed by atoms with Crippen LogP contribution in [-0.2, 0) is 4.79 Å². The summed E-state index contributed by atoms with van der Waals surface area (Å²) in [7, 11) is 0. The van der Waals surface area contributed by atoms with Gasteiger partial charge in [-0.25, -0.2) is 0 Å². The second-order valence-corrected chi connectivity index (χ2v) is 4.87. The highest BCUT2D eigenvalue weighted by Crippen LogP contribution is 2.13. The fraction of sp³-hybridized carbons (Fsp3) is 0.909. The van der Waals surface area contributed by atoms with Crippen LogP contribution in [0.5, 0.6) is 0 Å². The minimum atomic E-state index is -1.33. The molecule has 1 unspecified atom stereocenters. The predicted octanol–water partition coefficient (Wildman–Crippen LogP) is 0.815. The minimum Gasteiger partial charge on any atom is -0.389 e. The van der Waals surface area contributed by atoms with E-state index in [0.717, 1.165) is 12.8 Å². The van der Waals surface area contributed by atoms with Gasteiger partial charge in [0.1, 0.15) is 5.60 Å². The second-order valence-electron chi connectivity index (χ2n) is 4.87. The standard InChI is InChI=1S/C11H23NO3/c1-5-6-7-11(4,15)9(13)12-8-10(2,3)14/h14-15H,5-8H2,1-4H3,(H,12,13). The summed E-state index contributed by atoms with van der Waals surface area (Å²) in [5.74, 6) is -0.418. The Morgan fingerprint density at radius 2 is 1.80 bits per heavy atom. The van der Waals surface area contributed by atoms with Gasteiger partial charge in [0.15, 0.2) is 0 Å². The number of aliphatic hydroxyl groups is 2. The van der Waals surface area contributed by atoms with Crippen LogP contribution in [0.1, 0.15) is 47.0 Å². The summed E-state index contributed by atoms with van der Waals surface area (Å²) in [4.78, 5) is 11.5. The molecule has 0 radical (unpaired) electrons. The SMILES string of the molecule is CCCCC(C)(O)C(=O)NCC(C)(C)O. The van der Waals surface area contributed by atoms with E-state index >= 15 is 0 Å². The Bertz CT molecular complexity index is 206. The van der Waals surface area contributed by atoms with E-state index in [4.69, 9.17) is 0 Å². The van der Waals surface area contributed by atoms with Crippen LogP contribution in [0.25, 0.3) is 0 Å². The van der Waals surface area contributed by atoms with Crippen molar-refractivity contribution in [3.8, 4) is 0 Å². The molecule has 0 aliphatic carbocycles. The van der Waals surface area contributed by atoms with Crippen molar-refractivity contribution in [2.45, 2.75) is 58.2 Å². The van der Waals surface area contributed by atoms with Gasteiger partial charge in [0, 0.05) is 6.54 Å². The smallest absolute Gasteiger partial charge is 0.251 e. The lowest BCUT2D eigenvalue weighted by Gasteiger charge is -2.25. The molecule has 15 heavy (non-hydrogen) atoms. The Labute approximate surface area is 91.7 Å². The van der Waals surface area contributed by atoms with Crippen molar-refractivity contribution in [3.63, 3.8) is 0 Å². The van der Waals surface area contributed by atoms with Crippen molar-refractivity contribution in [1.29, 1.82) is 0 Å². The molecule has 3 N–H and O–H groups in total. The van der Waals surface area contributed by atoms with Gasteiger partial charge in [-0.3, -0.25) is 4.79 Å². The zero-order chi connectivity index (χ0) is 12.1. The number of nitrogens with one attached hydrogen (secondary N) is 1. The van der Waals surface area contributed by atoms with Gasteiger partial charge in [-0.1, -0.05) is 19.8 Å². The van der Waals surface area contributed by atoms with Crippen molar-refractivity contribution < 1.29 is 15.0 Å². The van der Waals surface area contributed by atoms with Crippen molar-refractivity contribution in [3.05, 3.63) is 0 Å². The summed E-state index contributed by atoms with van der Waals surface area (Å²) in [6.07, 6.45) is 2.19. The normalized spacial score (nSPS) is 15.9. The molecular weight excluding hydrogens is 194 g/mol. The number of hydrogen-bond donors (Lipinski definition) is 3. The fourth-order valence-corrected chi connectivity index (χ4v) is 1.12. The van der Waals surface area contributed by atoms with Crippen molar-refractivity contribution in [1.82, 2.24) is 5.32 Å². The molecule has 0 aliphatic rings. The van der Waals surface area contributed by atoms with E-state index in [2.05, 4.69) is 5.32 Å². The number of amides is 1. The quantitative estimate of drug-likeness (QED) is 0.617. The number of hydrogen-bond acceptors (Lipinski definition) is 3. The number of unbranched alkanes of at least 4 members (excludes halogenated alkanes) is 1. The molecule has 1 amide bonds. The first kappa shape index (κ1) is 14.4. The van der Waals surface area contributed by atoms with E-state index in [1.165, 1.54) is 6.92 Å². The van der Waals surface area contributed by atoms with Crippen molar-refractivity contribution in [2.24, 2.45) is 0 Å². The van der Waals surface area contributed by atoms with Crippen LogP contribution in [0.3, 0.4) is 0 Å². The van der Waals surface area contributed by atoms with E-state index < -0.39 is 17.1 Å². The summed E-state index contributed by atoms with van der Waals surface area (Å²) < 4.78 is 0. The maximum absolute atomic E-state index is 11.5. The lowest BCUT2D eigenvalue weighted by atomic mass is 9.98. The van der Waals surface area contributed by atoms with E-state index in [-0.39, 0.29) is 6.54 Å². The molecule has 0 spiro atoms. The Balaban J connectivity index is 4.08. The van der Waals surface area contributed by atoms with Crippen LogP contribution in [0.15, 0.2) is 0 Å². The molecule has 0 aromatic carbocycles. The average Bonchev–Trinajstić information content (AvgIpc) is 2.09. The van der Waals surface area contributed by atoms with Crippen LogP contribution in [0, 0.1) is 0 Å². The third-order valence-electron chi connectivity index (χ3n) is 2.19. The molecule has 0 bridgehead atoms. The van der Waals surface area contributed by atoms with E-state index in [1.54, 1.807) is 13.8 Å². The fourth-order valence-electron chi connectivity index (χ4n) is 1.12. The minimum absolute atomic E-state index is 0.147. The molecule has 0 aliphatic heterocycles. The third-order valence-corrected chi connectivity index (χ3v) is 2.19. The van der Waals surface area contributed by atoms with Gasteiger partial charge in [-0.15, -0.1) is 0 Å². The topological polar surface area (TPSA) is 69.6 Å². The highest BCUT2D eigenvalue weighted by molar-refractivity contribution is 5.84.